The Labute approximate surface area is 109 Å². The van der Waals surface area contributed by atoms with Gasteiger partial charge >= 0.3 is 0 Å². The molecule has 0 spiro atoms. The highest BCUT2D eigenvalue weighted by molar-refractivity contribution is 5.54. The standard InChI is InChI=1S/C12H16N6O/c13-8-2-5-18(6-3-8)12-15-11(16-17-12)9-7-14-4-1-10(9)19/h1,4,7-8H,2-3,5-6,13H2,(H,14,19)(H,15,16,17). The summed E-state index contributed by atoms with van der Waals surface area (Å²) in [5, 5.41) is 7.00. The number of nitrogens with two attached hydrogens (primary N) is 1. The zero-order valence-corrected chi connectivity index (χ0v) is 10.5. The Kier molecular flexibility index (Phi) is 3.04. The van der Waals surface area contributed by atoms with Crippen LogP contribution in [0.15, 0.2) is 23.3 Å². The number of piperidine rings is 1. The molecule has 7 nitrogen and oxygen atoms in total. The van der Waals surface area contributed by atoms with Gasteiger partial charge in [0.25, 0.3) is 0 Å². The van der Waals surface area contributed by atoms with Crippen molar-refractivity contribution >= 4 is 5.95 Å². The molecular weight excluding hydrogens is 244 g/mol. The maximum atomic E-state index is 11.7. The molecule has 0 bridgehead atoms. The minimum atomic E-state index is -0.0814. The first kappa shape index (κ1) is 11.9. The topological polar surface area (TPSA) is 104 Å². The van der Waals surface area contributed by atoms with Crippen molar-refractivity contribution in [1.82, 2.24) is 20.2 Å². The van der Waals surface area contributed by atoms with Crippen molar-refractivity contribution < 1.29 is 0 Å². The van der Waals surface area contributed by atoms with Crippen molar-refractivity contribution in [2.24, 2.45) is 5.73 Å². The van der Waals surface area contributed by atoms with Crippen LogP contribution in [-0.4, -0.2) is 39.3 Å². The summed E-state index contributed by atoms with van der Waals surface area (Å²) in [7, 11) is 0. The molecule has 0 amide bonds. The summed E-state index contributed by atoms with van der Waals surface area (Å²) in [4.78, 5) is 21.1. The molecule has 4 N–H and O–H groups in total. The molecule has 2 aromatic rings. The van der Waals surface area contributed by atoms with Gasteiger partial charge in [-0.2, -0.15) is 4.98 Å². The molecule has 3 rings (SSSR count). The second kappa shape index (κ2) is 4.85. The fourth-order valence-corrected chi connectivity index (χ4v) is 2.22. The highest BCUT2D eigenvalue weighted by atomic mass is 16.1. The molecule has 1 aliphatic heterocycles. The van der Waals surface area contributed by atoms with Crippen LogP contribution in [0.3, 0.4) is 0 Å². The zero-order valence-electron chi connectivity index (χ0n) is 10.5. The number of hydrogen-bond acceptors (Lipinski definition) is 5. The van der Waals surface area contributed by atoms with Crippen LogP contribution < -0.4 is 16.1 Å². The Morgan fingerprint density at radius 1 is 1.37 bits per heavy atom. The predicted molar refractivity (Wildman–Crippen MR) is 71.9 cm³/mol. The normalized spacial score (nSPS) is 16.8. The third-order valence-electron chi connectivity index (χ3n) is 3.38. The fourth-order valence-electron chi connectivity index (χ4n) is 2.22. The summed E-state index contributed by atoms with van der Waals surface area (Å²) in [6, 6.07) is 1.74. The highest BCUT2D eigenvalue weighted by Gasteiger charge is 2.20. The van der Waals surface area contributed by atoms with E-state index in [9.17, 15) is 4.79 Å². The van der Waals surface area contributed by atoms with Crippen LogP contribution >= 0.6 is 0 Å². The van der Waals surface area contributed by atoms with Crippen LogP contribution in [0, 0.1) is 0 Å². The third-order valence-corrected chi connectivity index (χ3v) is 3.38. The first-order valence-corrected chi connectivity index (χ1v) is 6.34. The lowest BCUT2D eigenvalue weighted by Gasteiger charge is -2.28. The van der Waals surface area contributed by atoms with Crippen molar-refractivity contribution in [3.8, 4) is 11.4 Å². The van der Waals surface area contributed by atoms with Crippen molar-refractivity contribution in [3.05, 3.63) is 28.7 Å². The summed E-state index contributed by atoms with van der Waals surface area (Å²) in [5.74, 6) is 1.12. The van der Waals surface area contributed by atoms with E-state index in [0.29, 0.717) is 17.3 Å². The highest BCUT2D eigenvalue weighted by Crippen LogP contribution is 2.17. The number of nitrogens with zero attached hydrogens (tertiary/aromatic N) is 3. The van der Waals surface area contributed by atoms with Gasteiger partial charge in [0.2, 0.25) is 5.95 Å². The summed E-state index contributed by atoms with van der Waals surface area (Å²) >= 11 is 0. The van der Waals surface area contributed by atoms with Gasteiger partial charge in [-0.15, -0.1) is 5.10 Å². The van der Waals surface area contributed by atoms with Crippen LogP contribution in [0.2, 0.25) is 0 Å². The molecule has 0 aromatic carbocycles. The largest absolute Gasteiger partial charge is 0.367 e. The van der Waals surface area contributed by atoms with Crippen LogP contribution in [0.5, 0.6) is 0 Å². The maximum absolute atomic E-state index is 11.7. The monoisotopic (exact) mass is 260 g/mol. The van der Waals surface area contributed by atoms with Gasteiger partial charge in [-0.25, -0.2) is 0 Å². The van der Waals surface area contributed by atoms with E-state index in [4.69, 9.17) is 5.73 Å². The molecule has 0 saturated carbocycles. The quantitative estimate of drug-likeness (QED) is 0.710. The number of nitrogens with one attached hydrogen (secondary N) is 2. The molecule has 0 aliphatic carbocycles. The van der Waals surface area contributed by atoms with E-state index in [1.165, 1.54) is 6.07 Å². The summed E-state index contributed by atoms with van der Waals surface area (Å²) < 4.78 is 0. The molecule has 1 aliphatic rings. The molecule has 1 fully saturated rings. The van der Waals surface area contributed by atoms with Gasteiger partial charge in [0, 0.05) is 37.6 Å². The number of hydrogen-bond donors (Lipinski definition) is 3. The Hall–Kier alpha value is -2.15. The Morgan fingerprint density at radius 3 is 2.89 bits per heavy atom. The third kappa shape index (κ3) is 2.37. The minimum Gasteiger partial charge on any atom is -0.367 e. The average molecular weight is 260 g/mol. The van der Waals surface area contributed by atoms with Gasteiger partial charge in [-0.3, -0.25) is 9.89 Å². The Balaban J connectivity index is 1.84. The van der Waals surface area contributed by atoms with Crippen molar-refractivity contribution in [3.63, 3.8) is 0 Å². The smallest absolute Gasteiger partial charge is 0.245 e. The Bertz CT molecular complexity index is 610. The molecule has 1 saturated heterocycles. The van der Waals surface area contributed by atoms with Gasteiger partial charge in [0.15, 0.2) is 11.3 Å². The number of aromatic nitrogens is 4. The summed E-state index contributed by atoms with van der Waals surface area (Å²) in [6.45, 7) is 1.70. The fraction of sp³-hybridized carbons (Fsp3) is 0.417. The van der Waals surface area contributed by atoms with E-state index < -0.39 is 0 Å². The van der Waals surface area contributed by atoms with Crippen LogP contribution in [-0.2, 0) is 0 Å². The number of H-pyrrole nitrogens is 2. The molecule has 19 heavy (non-hydrogen) atoms. The van der Waals surface area contributed by atoms with E-state index in [1.54, 1.807) is 12.4 Å². The number of rotatable bonds is 2. The van der Waals surface area contributed by atoms with Gasteiger partial charge in [-0.1, -0.05) is 0 Å². The molecule has 7 heteroatoms. The van der Waals surface area contributed by atoms with Crippen LogP contribution in [0.4, 0.5) is 5.95 Å². The van der Waals surface area contributed by atoms with E-state index in [2.05, 4.69) is 25.1 Å². The molecule has 0 radical (unpaired) electrons. The van der Waals surface area contributed by atoms with E-state index in [0.717, 1.165) is 25.9 Å². The first-order valence-electron chi connectivity index (χ1n) is 6.34. The van der Waals surface area contributed by atoms with Gasteiger partial charge in [0.1, 0.15) is 0 Å². The van der Waals surface area contributed by atoms with E-state index >= 15 is 0 Å². The number of pyridine rings is 1. The lowest BCUT2D eigenvalue weighted by Crippen LogP contribution is -2.40. The SMILES string of the molecule is NC1CCN(c2n[nH]c(-c3c[nH]ccc3=O)n2)CC1. The minimum absolute atomic E-state index is 0.0814. The zero-order chi connectivity index (χ0) is 13.2. The van der Waals surface area contributed by atoms with E-state index in [-0.39, 0.29) is 11.5 Å². The summed E-state index contributed by atoms with van der Waals surface area (Å²) in [5.41, 5.74) is 6.28. The first-order chi connectivity index (χ1) is 9.24. The van der Waals surface area contributed by atoms with Gasteiger partial charge in [0.05, 0.1) is 5.56 Å². The van der Waals surface area contributed by atoms with Crippen molar-refractivity contribution in [2.45, 2.75) is 18.9 Å². The predicted octanol–water partition coefficient (Wildman–Crippen LogP) is 0.0875. The second-order valence-electron chi connectivity index (χ2n) is 4.73. The van der Waals surface area contributed by atoms with Gasteiger partial charge < -0.3 is 15.6 Å². The molecule has 0 unspecified atom stereocenters. The average Bonchev–Trinajstić information content (AvgIpc) is 2.89. The summed E-state index contributed by atoms with van der Waals surface area (Å²) in [6.07, 6.45) is 5.10. The lowest BCUT2D eigenvalue weighted by atomic mass is 10.1. The second-order valence-corrected chi connectivity index (χ2v) is 4.73. The Morgan fingerprint density at radius 2 is 2.16 bits per heavy atom. The molecule has 2 aromatic heterocycles. The van der Waals surface area contributed by atoms with Gasteiger partial charge in [-0.05, 0) is 12.8 Å². The van der Waals surface area contributed by atoms with E-state index in [1.807, 2.05) is 0 Å². The molecule has 0 atom stereocenters. The van der Waals surface area contributed by atoms with Crippen molar-refractivity contribution in [1.29, 1.82) is 0 Å². The molecular formula is C12H16N6O. The number of aromatic amines is 2. The molecule has 100 valence electrons. The maximum Gasteiger partial charge on any atom is 0.245 e. The van der Waals surface area contributed by atoms with Crippen LogP contribution in [0.25, 0.3) is 11.4 Å². The van der Waals surface area contributed by atoms with Crippen molar-refractivity contribution in [2.75, 3.05) is 18.0 Å². The van der Waals surface area contributed by atoms with Crippen LogP contribution in [0.1, 0.15) is 12.8 Å². The number of anilines is 1. The molecule has 3 heterocycles. The lowest BCUT2D eigenvalue weighted by molar-refractivity contribution is 0.496.